The molecule has 0 spiro atoms. The van der Waals surface area contributed by atoms with Gasteiger partial charge in [0, 0.05) is 25.4 Å². The van der Waals surface area contributed by atoms with Crippen molar-refractivity contribution in [1.29, 1.82) is 0 Å². The van der Waals surface area contributed by atoms with E-state index in [-0.39, 0.29) is 35.1 Å². The summed E-state index contributed by atoms with van der Waals surface area (Å²) in [5.74, 6) is 0.406. The summed E-state index contributed by atoms with van der Waals surface area (Å²) in [6.07, 6.45) is 3.74. The highest BCUT2D eigenvalue weighted by Gasteiger charge is 2.36. The minimum absolute atomic E-state index is 0.106. The lowest BCUT2D eigenvalue weighted by molar-refractivity contribution is 0.0950. The Morgan fingerprint density at radius 3 is 2.18 bits per heavy atom. The van der Waals surface area contributed by atoms with Gasteiger partial charge < -0.3 is 14.2 Å². The fourth-order valence-electron chi connectivity index (χ4n) is 4.35. The topological polar surface area (TPSA) is 156 Å². The lowest BCUT2D eigenvalue weighted by Crippen LogP contribution is -2.33. The molecule has 0 bridgehead atoms. The Labute approximate surface area is 224 Å². The largest absolute Gasteiger partial charge is 0.479 e. The second-order valence-electron chi connectivity index (χ2n) is 8.67. The van der Waals surface area contributed by atoms with Gasteiger partial charge in [0.1, 0.15) is 29.7 Å². The van der Waals surface area contributed by atoms with Crippen LogP contribution in [0, 0.1) is 0 Å². The van der Waals surface area contributed by atoms with Crippen molar-refractivity contribution < 1.29 is 27.0 Å². The third kappa shape index (κ3) is 5.63. The minimum Gasteiger partial charge on any atom is -0.479 e. The van der Waals surface area contributed by atoms with Crippen LogP contribution in [0.15, 0.2) is 18.7 Å². The maximum atomic E-state index is 13.9. The van der Waals surface area contributed by atoms with Crippen molar-refractivity contribution in [3.05, 3.63) is 35.4 Å². The number of alkyl halides is 1. The Morgan fingerprint density at radius 1 is 1.03 bits per heavy atom. The maximum Gasteiger partial charge on any atom is 0.245 e. The van der Waals surface area contributed by atoms with E-state index in [9.17, 15) is 12.8 Å². The molecular formula is C22H28ClFN8O5S. The van der Waals surface area contributed by atoms with Gasteiger partial charge in [-0.3, -0.25) is 9.29 Å². The Morgan fingerprint density at radius 2 is 1.63 bits per heavy atom. The van der Waals surface area contributed by atoms with E-state index in [1.807, 2.05) is 0 Å². The molecule has 0 aliphatic heterocycles. The summed E-state index contributed by atoms with van der Waals surface area (Å²) in [4.78, 5) is 16.5. The predicted molar refractivity (Wildman–Crippen MR) is 135 cm³/mol. The molecule has 38 heavy (non-hydrogen) atoms. The Balaban J connectivity index is 1.78. The van der Waals surface area contributed by atoms with Crippen molar-refractivity contribution in [3.8, 4) is 17.4 Å². The fraction of sp³-hybridized carbons (Fsp3) is 0.545. The molecule has 3 aromatic heterocycles. The number of anilines is 1. The predicted octanol–water partition coefficient (Wildman–Crippen LogP) is 3.03. The van der Waals surface area contributed by atoms with Crippen molar-refractivity contribution in [2.45, 2.75) is 56.1 Å². The summed E-state index contributed by atoms with van der Waals surface area (Å²) in [7, 11) is -0.00269. The van der Waals surface area contributed by atoms with Gasteiger partial charge in [-0.15, -0.1) is 10.2 Å². The summed E-state index contributed by atoms with van der Waals surface area (Å²) in [6.45, 7) is 1.45. The number of hydrogen-bond acceptors (Lipinski definition) is 11. The van der Waals surface area contributed by atoms with Gasteiger partial charge in [0.05, 0.1) is 19.2 Å². The number of sulfonamides is 1. The molecule has 4 rings (SSSR count). The lowest BCUT2D eigenvalue weighted by Gasteiger charge is -2.25. The average Bonchev–Trinajstić information content (AvgIpc) is 3.32. The van der Waals surface area contributed by atoms with Crippen molar-refractivity contribution in [2.24, 2.45) is 0 Å². The molecular weight excluding hydrogens is 543 g/mol. The molecule has 206 valence electrons. The molecule has 0 aromatic carbocycles. The van der Waals surface area contributed by atoms with Crippen LogP contribution < -0.4 is 14.2 Å². The van der Waals surface area contributed by atoms with Gasteiger partial charge in [-0.25, -0.2) is 22.8 Å². The van der Waals surface area contributed by atoms with Crippen LogP contribution in [0.3, 0.4) is 0 Å². The summed E-state index contributed by atoms with van der Waals surface area (Å²) in [5.41, 5.74) is 0.203. The first kappa shape index (κ1) is 27.9. The van der Waals surface area contributed by atoms with Gasteiger partial charge in [-0.2, -0.15) is 9.97 Å². The molecule has 2 atom stereocenters. The van der Waals surface area contributed by atoms with Crippen LogP contribution in [0.25, 0.3) is 5.69 Å². The lowest BCUT2D eigenvalue weighted by atomic mass is 9.87. The summed E-state index contributed by atoms with van der Waals surface area (Å²) >= 11 is 5.87. The first-order valence-corrected chi connectivity index (χ1v) is 13.7. The van der Waals surface area contributed by atoms with Gasteiger partial charge >= 0.3 is 0 Å². The van der Waals surface area contributed by atoms with E-state index in [2.05, 4.69) is 34.9 Å². The zero-order chi connectivity index (χ0) is 27.4. The summed E-state index contributed by atoms with van der Waals surface area (Å²) in [5, 5.41) is 7.57. The van der Waals surface area contributed by atoms with Gasteiger partial charge in [0.15, 0.2) is 11.5 Å². The molecule has 1 saturated carbocycles. The molecule has 3 heterocycles. The first-order chi connectivity index (χ1) is 18.2. The maximum absolute atomic E-state index is 13.9. The second kappa shape index (κ2) is 11.7. The van der Waals surface area contributed by atoms with Crippen molar-refractivity contribution in [3.63, 3.8) is 0 Å². The van der Waals surface area contributed by atoms with Gasteiger partial charge in [-0.1, -0.05) is 11.6 Å². The van der Waals surface area contributed by atoms with Gasteiger partial charge in [0.25, 0.3) is 0 Å². The number of nitrogens with one attached hydrogen (secondary N) is 1. The molecule has 16 heteroatoms. The highest BCUT2D eigenvalue weighted by Crippen LogP contribution is 2.39. The molecule has 13 nitrogen and oxygen atoms in total. The number of ether oxygens (including phenoxy) is 3. The van der Waals surface area contributed by atoms with Crippen LogP contribution in [0.2, 0.25) is 5.02 Å². The van der Waals surface area contributed by atoms with Gasteiger partial charge in [0.2, 0.25) is 27.7 Å². The molecule has 0 unspecified atom stereocenters. The number of hydrogen-bond donors (Lipinski definition) is 1. The zero-order valence-electron chi connectivity index (χ0n) is 21.2. The van der Waals surface area contributed by atoms with E-state index in [4.69, 9.17) is 25.8 Å². The molecule has 0 radical (unpaired) electrons. The van der Waals surface area contributed by atoms with E-state index < -0.39 is 27.5 Å². The van der Waals surface area contributed by atoms with Crippen LogP contribution in [-0.2, 0) is 14.8 Å². The van der Waals surface area contributed by atoms with Crippen LogP contribution >= 0.6 is 11.6 Å². The molecule has 1 aliphatic carbocycles. The Kier molecular flexibility index (Phi) is 8.57. The van der Waals surface area contributed by atoms with E-state index >= 15 is 0 Å². The van der Waals surface area contributed by atoms with E-state index in [1.165, 1.54) is 51.5 Å². The third-order valence-corrected chi connectivity index (χ3v) is 8.26. The monoisotopic (exact) mass is 570 g/mol. The van der Waals surface area contributed by atoms with Gasteiger partial charge in [-0.05, 0) is 32.6 Å². The fourth-order valence-corrected chi connectivity index (χ4v) is 5.58. The minimum atomic E-state index is -4.17. The summed E-state index contributed by atoms with van der Waals surface area (Å²) < 4.78 is 61.3. The van der Waals surface area contributed by atoms with E-state index in [1.54, 1.807) is 0 Å². The zero-order valence-corrected chi connectivity index (χ0v) is 22.8. The van der Waals surface area contributed by atoms with Crippen LogP contribution in [-0.4, -0.2) is 75.9 Å². The van der Waals surface area contributed by atoms with Crippen LogP contribution in [0.4, 0.5) is 10.3 Å². The van der Waals surface area contributed by atoms with E-state index in [0.29, 0.717) is 36.5 Å². The molecule has 0 saturated heterocycles. The Bertz CT molecular complexity index is 1330. The molecule has 3 aromatic rings. The molecule has 1 fully saturated rings. The van der Waals surface area contributed by atoms with Crippen molar-refractivity contribution >= 4 is 27.6 Å². The van der Waals surface area contributed by atoms with Crippen molar-refractivity contribution in [1.82, 2.24) is 34.7 Å². The highest BCUT2D eigenvalue weighted by atomic mass is 35.5. The standard InChI is InChI=1S/C22H28ClFN8O5S/c1-12(17(35-2)18-25-9-14(23)10-26-18)38(33,34)31-22-30-29-19(13-5-7-15(24)8-6-13)32(22)16-20(36-3)27-11-28-21(16)37-4/h9-13,15,17H,5-8H2,1-4H3,(H,30,31)/t12-,13-,15+,17-/m0/s1. The first-order valence-electron chi connectivity index (χ1n) is 11.7. The van der Waals surface area contributed by atoms with Crippen LogP contribution in [0.1, 0.15) is 56.3 Å². The van der Waals surface area contributed by atoms with Crippen molar-refractivity contribution in [2.75, 3.05) is 26.1 Å². The second-order valence-corrected chi connectivity index (χ2v) is 11.1. The number of methoxy groups -OCH3 is 3. The summed E-state index contributed by atoms with van der Waals surface area (Å²) in [6, 6.07) is 0. The third-order valence-electron chi connectivity index (χ3n) is 6.37. The quantitative estimate of drug-likeness (QED) is 0.382. The Hall–Kier alpha value is -3.17. The number of rotatable bonds is 10. The smallest absolute Gasteiger partial charge is 0.245 e. The average molecular weight is 571 g/mol. The highest BCUT2D eigenvalue weighted by molar-refractivity contribution is 7.93. The van der Waals surface area contributed by atoms with Crippen LogP contribution in [0.5, 0.6) is 11.8 Å². The number of halogens is 2. The number of aromatic nitrogens is 7. The molecule has 0 amide bonds. The molecule has 1 aliphatic rings. The number of nitrogens with zero attached hydrogens (tertiary/aromatic N) is 7. The van der Waals surface area contributed by atoms with E-state index in [0.717, 1.165) is 0 Å². The molecule has 1 N–H and O–H groups in total. The normalized spacial score (nSPS) is 19.5. The SMILES string of the molecule is COc1ncnc(OC)c1-n1c(NS(=O)(=O)[C@@H](C)[C@H](OC)c2ncc(Cl)cn2)nnc1[C@H]1CC[C@@H](F)CC1.